The van der Waals surface area contributed by atoms with Crippen LogP contribution in [0.3, 0.4) is 0 Å². The predicted molar refractivity (Wildman–Crippen MR) is 207 cm³/mol. The van der Waals surface area contributed by atoms with Crippen LogP contribution in [-0.4, -0.2) is 146 Å². The molecule has 3 saturated heterocycles. The normalized spacial score (nSPS) is 17.9. The lowest BCUT2D eigenvalue weighted by atomic mass is 9.90. The summed E-state index contributed by atoms with van der Waals surface area (Å²) in [6.45, 7) is 13.3. The molecule has 0 aliphatic carbocycles. The van der Waals surface area contributed by atoms with Crippen LogP contribution in [0.1, 0.15) is 25.5 Å². The number of piperazine rings is 2. The van der Waals surface area contributed by atoms with E-state index in [1.807, 2.05) is 56.3 Å². The Morgan fingerprint density at radius 1 is 0.929 bits per heavy atom. The molecule has 3 aromatic heterocycles. The molecule has 17 heteroatoms. The van der Waals surface area contributed by atoms with Crippen LogP contribution < -0.4 is 29.7 Å². The molecule has 3 aliphatic heterocycles. The van der Waals surface area contributed by atoms with Crippen LogP contribution in [0, 0.1) is 5.92 Å². The van der Waals surface area contributed by atoms with Gasteiger partial charge in [0, 0.05) is 95.6 Å². The number of aromatic nitrogens is 4. The summed E-state index contributed by atoms with van der Waals surface area (Å²) < 4.78 is 33.9. The molecule has 1 spiro atoms. The maximum absolute atomic E-state index is 11.6. The van der Waals surface area contributed by atoms with E-state index in [4.69, 9.17) is 33.9 Å². The second-order valence-corrected chi connectivity index (χ2v) is 14.7. The van der Waals surface area contributed by atoms with Crippen LogP contribution in [0.15, 0.2) is 59.3 Å². The highest BCUT2D eigenvalue weighted by Gasteiger charge is 2.48. The number of para-hydroxylation sites is 1. The number of anilines is 3. The van der Waals surface area contributed by atoms with Gasteiger partial charge in [0.1, 0.15) is 30.4 Å². The molecule has 4 aromatic rings. The Balaban J connectivity index is 0.883. The molecule has 0 amide bonds. The highest BCUT2D eigenvalue weighted by molar-refractivity contribution is 5.76. The van der Waals surface area contributed by atoms with Crippen molar-refractivity contribution in [1.29, 1.82) is 0 Å². The lowest BCUT2D eigenvalue weighted by Crippen LogP contribution is -2.72. The minimum Gasteiger partial charge on any atom is -0.481 e. The molecule has 1 unspecified atom stereocenters. The molecule has 17 nitrogen and oxygen atoms in total. The second-order valence-electron chi connectivity index (χ2n) is 14.7. The summed E-state index contributed by atoms with van der Waals surface area (Å²) in [4.78, 5) is 25.5. The van der Waals surface area contributed by atoms with Gasteiger partial charge in [-0.1, -0.05) is 26.0 Å². The van der Waals surface area contributed by atoms with Crippen LogP contribution in [0.5, 0.6) is 17.5 Å². The van der Waals surface area contributed by atoms with Gasteiger partial charge in [0.2, 0.25) is 5.88 Å². The van der Waals surface area contributed by atoms with Crippen LogP contribution >= 0.6 is 0 Å². The van der Waals surface area contributed by atoms with Crippen molar-refractivity contribution in [3.05, 3.63) is 60.5 Å². The first-order valence-electron chi connectivity index (χ1n) is 19.0. The SMILES string of the molecule is COCOc1ccccc1-c1cc(N2CCN(c3ccnc(OCCN4CCN(CCOc5cc(C(C(=O)O)C(C)C)on5)CC4)c3)C3(COC3)C2)c(N)nn1. The van der Waals surface area contributed by atoms with Crippen molar-refractivity contribution in [2.24, 2.45) is 5.92 Å². The summed E-state index contributed by atoms with van der Waals surface area (Å²) in [5.41, 5.74) is 9.54. The Kier molecular flexibility index (Phi) is 12.3. The molecule has 300 valence electrons. The summed E-state index contributed by atoms with van der Waals surface area (Å²) in [6.07, 6.45) is 1.81. The molecule has 56 heavy (non-hydrogen) atoms. The highest BCUT2D eigenvalue weighted by Crippen LogP contribution is 2.39. The van der Waals surface area contributed by atoms with E-state index < -0.39 is 11.9 Å². The lowest BCUT2D eigenvalue weighted by molar-refractivity contribution is -0.140. The zero-order chi connectivity index (χ0) is 39.1. The minimum atomic E-state index is -0.936. The molecule has 1 atom stereocenters. The number of carboxylic acid groups (broad SMARTS) is 1. The quantitative estimate of drug-likeness (QED) is 0.149. The fraction of sp³-hybridized carbons (Fsp3) is 0.513. The number of carboxylic acids is 1. The van der Waals surface area contributed by atoms with Crippen molar-refractivity contribution >= 4 is 23.2 Å². The third-order valence-corrected chi connectivity index (χ3v) is 10.6. The Morgan fingerprint density at radius 2 is 1.66 bits per heavy atom. The highest BCUT2D eigenvalue weighted by atomic mass is 16.7. The number of hydrogen-bond acceptors (Lipinski definition) is 16. The van der Waals surface area contributed by atoms with Gasteiger partial charge in [0.05, 0.1) is 24.6 Å². The number of hydrogen-bond donors (Lipinski definition) is 2. The fourth-order valence-corrected chi connectivity index (χ4v) is 7.54. The largest absolute Gasteiger partial charge is 0.481 e. The Bertz CT molecular complexity index is 1920. The number of methoxy groups -OCH3 is 1. The topological polar surface area (TPSA) is 187 Å². The van der Waals surface area contributed by atoms with Gasteiger partial charge >= 0.3 is 5.97 Å². The van der Waals surface area contributed by atoms with Gasteiger partial charge in [-0.25, -0.2) is 4.98 Å². The van der Waals surface area contributed by atoms with E-state index in [0.29, 0.717) is 67.8 Å². The summed E-state index contributed by atoms with van der Waals surface area (Å²) in [5.74, 6) is 0.441. The van der Waals surface area contributed by atoms with Gasteiger partial charge in [0.15, 0.2) is 18.4 Å². The molecule has 0 radical (unpaired) electrons. The third kappa shape index (κ3) is 8.91. The number of nitrogens with two attached hydrogens (primary N) is 1. The van der Waals surface area contributed by atoms with Crippen LogP contribution in [0.2, 0.25) is 0 Å². The smallest absolute Gasteiger partial charge is 0.314 e. The zero-order valence-electron chi connectivity index (χ0n) is 32.2. The molecule has 3 fully saturated rings. The summed E-state index contributed by atoms with van der Waals surface area (Å²) in [6, 6.07) is 15.3. The van der Waals surface area contributed by atoms with Crippen LogP contribution in [0.25, 0.3) is 11.3 Å². The lowest BCUT2D eigenvalue weighted by Gasteiger charge is -2.56. The number of pyridine rings is 1. The number of carbonyl (C=O) groups is 1. The maximum Gasteiger partial charge on any atom is 0.314 e. The van der Waals surface area contributed by atoms with E-state index in [-0.39, 0.29) is 18.2 Å². The summed E-state index contributed by atoms with van der Waals surface area (Å²) in [7, 11) is 1.59. The average molecular weight is 774 g/mol. The first-order valence-corrected chi connectivity index (χ1v) is 19.0. The first kappa shape index (κ1) is 39.0. The van der Waals surface area contributed by atoms with Gasteiger partial charge in [-0.05, 0) is 35.3 Å². The number of benzene rings is 1. The number of aliphatic carboxylic acids is 1. The Labute approximate surface area is 326 Å². The number of nitrogens with zero attached hydrogens (tertiary/aromatic N) is 8. The van der Waals surface area contributed by atoms with E-state index in [9.17, 15) is 9.90 Å². The van der Waals surface area contributed by atoms with E-state index in [1.165, 1.54) is 0 Å². The van der Waals surface area contributed by atoms with E-state index in [1.54, 1.807) is 19.4 Å². The van der Waals surface area contributed by atoms with Crippen molar-refractivity contribution in [1.82, 2.24) is 30.1 Å². The number of ether oxygens (including phenoxy) is 5. The van der Waals surface area contributed by atoms with Crippen molar-refractivity contribution in [2.45, 2.75) is 25.3 Å². The third-order valence-electron chi connectivity index (χ3n) is 10.6. The minimum absolute atomic E-state index is 0.120. The average Bonchev–Trinajstić information content (AvgIpc) is 3.64. The number of nitrogen functional groups attached to an aromatic ring is 1. The van der Waals surface area contributed by atoms with Crippen LogP contribution in [-0.2, 0) is 14.3 Å². The monoisotopic (exact) mass is 773 g/mol. The fourth-order valence-electron chi connectivity index (χ4n) is 7.54. The molecule has 7 rings (SSSR count). The molecule has 3 N–H and O–H groups in total. The van der Waals surface area contributed by atoms with Gasteiger partial charge in [0.25, 0.3) is 5.88 Å². The van der Waals surface area contributed by atoms with E-state index in [0.717, 1.165) is 69.3 Å². The molecule has 0 bridgehead atoms. The van der Waals surface area contributed by atoms with Gasteiger partial charge < -0.3 is 48.8 Å². The standard InChI is InChI=1S/C39H51N9O8/c1-27(2)36(38(49)50)33-22-35(44-56-33)54-19-17-46-12-10-45(11-13-46)16-18-53-34-20-28(8-9-41-34)48-15-14-47(23-39(48)24-52-25-39)31-21-30(42-43-37(31)40)29-6-4-5-7-32(29)55-26-51-3/h4-9,20-22,27,36H,10-19,23-26H2,1-3H3,(H2,40,43)(H,49,50). The zero-order valence-corrected chi connectivity index (χ0v) is 32.2. The molecule has 6 heterocycles. The molecular weight excluding hydrogens is 722 g/mol. The second kappa shape index (κ2) is 17.7. The van der Waals surface area contributed by atoms with Gasteiger partial charge in [-0.2, -0.15) is 0 Å². The van der Waals surface area contributed by atoms with Crippen LogP contribution in [0.4, 0.5) is 17.2 Å². The first-order chi connectivity index (χ1) is 27.2. The Hall–Kier alpha value is -5.23. The molecule has 0 saturated carbocycles. The number of rotatable bonds is 17. The Morgan fingerprint density at radius 3 is 2.34 bits per heavy atom. The predicted octanol–water partition coefficient (Wildman–Crippen LogP) is 3.09. The molecule has 3 aliphatic rings. The molecular formula is C39H51N9O8. The molecule has 1 aromatic carbocycles. The van der Waals surface area contributed by atoms with Crippen molar-refractivity contribution in [3.8, 4) is 28.8 Å². The summed E-state index contributed by atoms with van der Waals surface area (Å²) in [5, 5.41) is 22.1. The van der Waals surface area contributed by atoms with Gasteiger partial charge in [-0.15, -0.1) is 10.2 Å². The van der Waals surface area contributed by atoms with Gasteiger partial charge in [-0.3, -0.25) is 14.6 Å². The van der Waals surface area contributed by atoms with Crippen molar-refractivity contribution in [2.75, 3.05) is 115 Å². The van der Waals surface area contributed by atoms with Crippen molar-refractivity contribution < 1.29 is 38.1 Å². The van der Waals surface area contributed by atoms with E-state index >= 15 is 0 Å². The van der Waals surface area contributed by atoms with E-state index in [2.05, 4.69) is 39.9 Å². The summed E-state index contributed by atoms with van der Waals surface area (Å²) >= 11 is 0. The maximum atomic E-state index is 11.6. The van der Waals surface area contributed by atoms with Crippen molar-refractivity contribution in [3.63, 3.8) is 0 Å².